The summed E-state index contributed by atoms with van der Waals surface area (Å²) in [5.41, 5.74) is 0.729. The van der Waals surface area contributed by atoms with Crippen LogP contribution in [-0.2, 0) is 17.8 Å². The fraction of sp³-hybridized carbons (Fsp3) is 0.471. The van der Waals surface area contributed by atoms with Gasteiger partial charge in [0.15, 0.2) is 5.16 Å². The monoisotopic (exact) mass is 346 g/mol. The lowest BCUT2D eigenvalue weighted by molar-refractivity contribution is -0.115. The topological polar surface area (TPSA) is 69.0 Å². The van der Waals surface area contributed by atoms with Gasteiger partial charge in [-0.25, -0.2) is 0 Å². The van der Waals surface area contributed by atoms with E-state index in [2.05, 4.69) is 20.1 Å². The maximum absolute atomic E-state index is 12.4. The summed E-state index contributed by atoms with van der Waals surface area (Å²) in [4.78, 5) is 12.4. The largest absolute Gasteiger partial charge is 0.497 e. The molecule has 2 heterocycles. The third-order valence-electron chi connectivity index (χ3n) is 4.06. The highest BCUT2D eigenvalue weighted by molar-refractivity contribution is 8.00. The van der Waals surface area contributed by atoms with Gasteiger partial charge in [-0.15, -0.1) is 10.2 Å². The van der Waals surface area contributed by atoms with Crippen LogP contribution in [0.1, 0.15) is 32.0 Å². The van der Waals surface area contributed by atoms with Crippen LogP contribution in [0.15, 0.2) is 29.4 Å². The van der Waals surface area contributed by atoms with E-state index in [1.807, 2.05) is 25.1 Å². The van der Waals surface area contributed by atoms with Gasteiger partial charge >= 0.3 is 0 Å². The quantitative estimate of drug-likeness (QED) is 0.843. The number of anilines is 1. The molecule has 0 bridgehead atoms. The first-order valence-electron chi connectivity index (χ1n) is 8.21. The average Bonchev–Trinajstić information content (AvgIpc) is 2.82. The molecule has 1 aliphatic rings. The van der Waals surface area contributed by atoms with Crippen LogP contribution >= 0.6 is 11.8 Å². The number of thioether (sulfide) groups is 1. The van der Waals surface area contributed by atoms with E-state index in [4.69, 9.17) is 4.74 Å². The Kier molecular flexibility index (Phi) is 5.40. The number of nitrogens with zero attached hydrogens (tertiary/aromatic N) is 3. The zero-order chi connectivity index (χ0) is 16.9. The number of carbonyl (C=O) groups is 1. The van der Waals surface area contributed by atoms with Crippen molar-refractivity contribution in [1.29, 1.82) is 0 Å². The first kappa shape index (κ1) is 16.8. The Bertz CT molecular complexity index is 716. The Morgan fingerprint density at radius 3 is 3.04 bits per heavy atom. The molecule has 128 valence electrons. The molecule has 1 unspecified atom stereocenters. The minimum absolute atomic E-state index is 0.0563. The van der Waals surface area contributed by atoms with Gasteiger partial charge in [-0.2, -0.15) is 0 Å². The smallest absolute Gasteiger partial charge is 0.237 e. The van der Waals surface area contributed by atoms with Crippen LogP contribution in [0.5, 0.6) is 5.75 Å². The van der Waals surface area contributed by atoms with Gasteiger partial charge in [0.05, 0.1) is 12.4 Å². The molecule has 1 N–H and O–H groups in total. The van der Waals surface area contributed by atoms with Crippen molar-refractivity contribution in [3.8, 4) is 5.75 Å². The molecule has 0 radical (unpaired) electrons. The minimum atomic E-state index is -0.257. The Morgan fingerprint density at radius 1 is 1.33 bits per heavy atom. The second-order valence-electron chi connectivity index (χ2n) is 5.84. The first-order chi connectivity index (χ1) is 11.7. The predicted octanol–water partition coefficient (Wildman–Crippen LogP) is 3.13. The maximum atomic E-state index is 12.4. The van der Waals surface area contributed by atoms with Gasteiger partial charge < -0.3 is 14.6 Å². The van der Waals surface area contributed by atoms with E-state index in [-0.39, 0.29) is 11.2 Å². The molecule has 1 amide bonds. The molecular weight excluding hydrogens is 324 g/mol. The lowest BCUT2D eigenvalue weighted by atomic mass is 10.2. The number of aryl methyl sites for hydroxylation is 1. The van der Waals surface area contributed by atoms with Crippen molar-refractivity contribution >= 4 is 23.4 Å². The van der Waals surface area contributed by atoms with E-state index in [0.717, 1.165) is 48.2 Å². The number of methoxy groups -OCH3 is 1. The number of rotatable bonds is 5. The van der Waals surface area contributed by atoms with E-state index in [1.54, 1.807) is 13.2 Å². The van der Waals surface area contributed by atoms with Crippen molar-refractivity contribution in [2.45, 2.75) is 49.6 Å². The average molecular weight is 346 g/mol. The number of aromatic nitrogens is 3. The van der Waals surface area contributed by atoms with E-state index < -0.39 is 0 Å². The van der Waals surface area contributed by atoms with Crippen LogP contribution in [0, 0.1) is 0 Å². The summed E-state index contributed by atoms with van der Waals surface area (Å²) in [7, 11) is 1.61. The highest BCUT2D eigenvalue weighted by atomic mass is 32.2. The Balaban J connectivity index is 1.65. The van der Waals surface area contributed by atoms with Crippen molar-refractivity contribution < 1.29 is 9.53 Å². The van der Waals surface area contributed by atoms with Gasteiger partial charge in [0, 0.05) is 24.7 Å². The summed E-state index contributed by atoms with van der Waals surface area (Å²) >= 11 is 1.46. The summed E-state index contributed by atoms with van der Waals surface area (Å²) in [6, 6.07) is 7.35. The lowest BCUT2D eigenvalue weighted by Crippen LogP contribution is -2.23. The second kappa shape index (κ2) is 7.70. The van der Waals surface area contributed by atoms with Gasteiger partial charge in [-0.05, 0) is 31.9 Å². The van der Waals surface area contributed by atoms with E-state index >= 15 is 0 Å². The summed E-state index contributed by atoms with van der Waals surface area (Å²) in [5.74, 6) is 1.70. The summed E-state index contributed by atoms with van der Waals surface area (Å²) < 4.78 is 7.34. The van der Waals surface area contributed by atoms with E-state index in [9.17, 15) is 4.79 Å². The van der Waals surface area contributed by atoms with Crippen molar-refractivity contribution in [2.75, 3.05) is 12.4 Å². The van der Waals surface area contributed by atoms with E-state index in [1.165, 1.54) is 18.2 Å². The Labute approximate surface area is 146 Å². The number of hydrogen-bond acceptors (Lipinski definition) is 5. The molecule has 1 aromatic heterocycles. The van der Waals surface area contributed by atoms with Crippen LogP contribution in [-0.4, -0.2) is 33.0 Å². The number of carbonyl (C=O) groups excluding carboxylic acids is 1. The Hall–Kier alpha value is -2.02. The third kappa shape index (κ3) is 3.90. The number of ether oxygens (including phenoxy) is 1. The molecule has 2 aromatic rings. The highest BCUT2D eigenvalue weighted by Gasteiger charge is 2.21. The van der Waals surface area contributed by atoms with E-state index in [0.29, 0.717) is 0 Å². The number of fused-ring (bicyclic) bond motifs is 1. The van der Waals surface area contributed by atoms with Crippen molar-refractivity contribution in [2.24, 2.45) is 0 Å². The number of hydrogen-bond donors (Lipinski definition) is 1. The van der Waals surface area contributed by atoms with Gasteiger partial charge in [-0.1, -0.05) is 24.2 Å². The van der Waals surface area contributed by atoms with Gasteiger partial charge in [0.1, 0.15) is 11.6 Å². The molecule has 0 spiro atoms. The lowest BCUT2D eigenvalue weighted by Gasteiger charge is -2.13. The van der Waals surface area contributed by atoms with Crippen molar-refractivity contribution in [3.05, 3.63) is 30.1 Å². The molecule has 0 saturated heterocycles. The zero-order valence-corrected chi connectivity index (χ0v) is 14.8. The van der Waals surface area contributed by atoms with Crippen LogP contribution in [0.2, 0.25) is 0 Å². The summed E-state index contributed by atoms with van der Waals surface area (Å²) in [6.07, 6.45) is 4.50. The number of amides is 1. The molecule has 6 nitrogen and oxygen atoms in total. The summed E-state index contributed by atoms with van der Waals surface area (Å²) in [5, 5.41) is 12.1. The molecule has 1 aromatic carbocycles. The van der Waals surface area contributed by atoms with Crippen LogP contribution in [0.3, 0.4) is 0 Å². The summed E-state index contributed by atoms with van der Waals surface area (Å²) in [6.45, 7) is 2.83. The van der Waals surface area contributed by atoms with Gasteiger partial charge in [0.25, 0.3) is 0 Å². The molecule has 0 fully saturated rings. The molecule has 7 heteroatoms. The molecule has 0 saturated carbocycles. The molecule has 24 heavy (non-hydrogen) atoms. The normalized spacial score (nSPS) is 15.2. The first-order valence-corrected chi connectivity index (χ1v) is 9.09. The van der Waals surface area contributed by atoms with Gasteiger partial charge in [0.2, 0.25) is 5.91 Å². The molecule has 0 aliphatic carbocycles. The van der Waals surface area contributed by atoms with Crippen molar-refractivity contribution in [1.82, 2.24) is 14.8 Å². The fourth-order valence-corrected chi connectivity index (χ4v) is 3.60. The standard InChI is InChI=1S/C17H22N4O2S/c1-12(16(22)18-13-7-6-8-14(11-13)23-2)24-17-20-19-15-9-4-3-5-10-21(15)17/h6-8,11-12H,3-5,9-10H2,1-2H3,(H,18,22). The van der Waals surface area contributed by atoms with Crippen LogP contribution in [0.4, 0.5) is 5.69 Å². The van der Waals surface area contributed by atoms with Crippen LogP contribution < -0.4 is 10.1 Å². The minimum Gasteiger partial charge on any atom is -0.497 e. The fourth-order valence-electron chi connectivity index (χ4n) is 2.70. The Morgan fingerprint density at radius 2 is 2.21 bits per heavy atom. The highest BCUT2D eigenvalue weighted by Crippen LogP contribution is 2.26. The molecule has 1 aliphatic heterocycles. The number of benzene rings is 1. The number of nitrogens with one attached hydrogen (secondary N) is 1. The second-order valence-corrected chi connectivity index (χ2v) is 7.15. The zero-order valence-electron chi connectivity index (χ0n) is 14.0. The predicted molar refractivity (Wildman–Crippen MR) is 94.5 cm³/mol. The molecular formula is C17H22N4O2S. The van der Waals surface area contributed by atoms with Gasteiger partial charge in [-0.3, -0.25) is 4.79 Å². The maximum Gasteiger partial charge on any atom is 0.237 e. The third-order valence-corrected chi connectivity index (χ3v) is 5.14. The molecule has 1 atom stereocenters. The molecule has 3 rings (SSSR count). The SMILES string of the molecule is COc1cccc(NC(=O)C(C)Sc2nnc3n2CCCCC3)c1. The van der Waals surface area contributed by atoms with Crippen LogP contribution in [0.25, 0.3) is 0 Å². The van der Waals surface area contributed by atoms with Crippen molar-refractivity contribution in [3.63, 3.8) is 0 Å².